The van der Waals surface area contributed by atoms with Crippen LogP contribution in [0.15, 0.2) is 30.3 Å². The molecule has 0 saturated carbocycles. The Morgan fingerprint density at radius 2 is 2.00 bits per heavy atom. The van der Waals surface area contributed by atoms with E-state index in [1.807, 2.05) is 18.2 Å². The Balaban J connectivity index is 1.76. The molecule has 0 radical (unpaired) electrons. The van der Waals surface area contributed by atoms with Crippen molar-refractivity contribution in [3.63, 3.8) is 0 Å². The number of nitrogens with two attached hydrogens (primary N) is 1. The van der Waals surface area contributed by atoms with Crippen LogP contribution in [0, 0.1) is 5.92 Å². The second-order valence-corrected chi connectivity index (χ2v) is 5.95. The normalized spacial score (nSPS) is 16.8. The SMILES string of the molecule is NCCC1CCN(c2ccc3cc(Cl)ccc3n2)CC1. The van der Waals surface area contributed by atoms with E-state index in [1.165, 1.54) is 12.8 Å². The Bertz CT molecular complexity index is 591. The van der Waals surface area contributed by atoms with Crippen LogP contribution in [0.2, 0.25) is 5.02 Å². The molecule has 2 heterocycles. The van der Waals surface area contributed by atoms with Crippen molar-refractivity contribution in [2.75, 3.05) is 24.5 Å². The topological polar surface area (TPSA) is 42.1 Å². The van der Waals surface area contributed by atoms with E-state index in [1.54, 1.807) is 0 Å². The molecule has 20 heavy (non-hydrogen) atoms. The molecule has 3 rings (SSSR count). The minimum Gasteiger partial charge on any atom is -0.357 e. The van der Waals surface area contributed by atoms with E-state index in [-0.39, 0.29) is 0 Å². The predicted octanol–water partition coefficient (Wildman–Crippen LogP) is 3.45. The quantitative estimate of drug-likeness (QED) is 0.941. The summed E-state index contributed by atoms with van der Waals surface area (Å²) in [4.78, 5) is 7.13. The maximum Gasteiger partial charge on any atom is 0.129 e. The van der Waals surface area contributed by atoms with Crippen LogP contribution in [-0.2, 0) is 0 Å². The molecular weight excluding hydrogens is 270 g/mol. The Kier molecular flexibility index (Phi) is 4.08. The van der Waals surface area contributed by atoms with E-state index in [4.69, 9.17) is 22.3 Å². The number of anilines is 1. The van der Waals surface area contributed by atoms with Gasteiger partial charge in [-0.2, -0.15) is 0 Å². The number of nitrogens with zero attached hydrogens (tertiary/aromatic N) is 2. The summed E-state index contributed by atoms with van der Waals surface area (Å²) in [6, 6.07) is 10.1. The van der Waals surface area contributed by atoms with Gasteiger partial charge in [-0.1, -0.05) is 11.6 Å². The van der Waals surface area contributed by atoms with Gasteiger partial charge in [0.2, 0.25) is 0 Å². The first-order chi connectivity index (χ1) is 9.76. The fourth-order valence-electron chi connectivity index (χ4n) is 2.95. The number of hydrogen-bond donors (Lipinski definition) is 1. The Labute approximate surface area is 124 Å². The van der Waals surface area contributed by atoms with Gasteiger partial charge in [0, 0.05) is 23.5 Å². The summed E-state index contributed by atoms with van der Waals surface area (Å²) in [6.07, 6.45) is 3.59. The van der Waals surface area contributed by atoms with Gasteiger partial charge in [0.15, 0.2) is 0 Å². The molecule has 1 fully saturated rings. The lowest BCUT2D eigenvalue weighted by atomic mass is 9.93. The molecular formula is C16H20ClN3. The van der Waals surface area contributed by atoms with Gasteiger partial charge < -0.3 is 10.6 Å². The standard InChI is InChI=1S/C16H20ClN3/c17-14-2-3-15-13(11-14)1-4-16(19-15)20-9-6-12(5-8-18)7-10-20/h1-4,11-12H,5-10,18H2. The maximum absolute atomic E-state index is 6.00. The number of halogens is 1. The van der Waals surface area contributed by atoms with E-state index in [9.17, 15) is 0 Å². The fourth-order valence-corrected chi connectivity index (χ4v) is 3.13. The summed E-state index contributed by atoms with van der Waals surface area (Å²) < 4.78 is 0. The van der Waals surface area contributed by atoms with E-state index >= 15 is 0 Å². The zero-order valence-corrected chi connectivity index (χ0v) is 12.3. The van der Waals surface area contributed by atoms with Crippen LogP contribution < -0.4 is 10.6 Å². The molecule has 0 bridgehead atoms. The van der Waals surface area contributed by atoms with Crippen molar-refractivity contribution in [3.05, 3.63) is 35.4 Å². The lowest BCUT2D eigenvalue weighted by molar-refractivity contribution is 0.385. The smallest absolute Gasteiger partial charge is 0.129 e. The van der Waals surface area contributed by atoms with Crippen molar-refractivity contribution in [2.45, 2.75) is 19.3 Å². The first kappa shape index (κ1) is 13.7. The number of hydrogen-bond acceptors (Lipinski definition) is 3. The van der Waals surface area contributed by atoms with Crippen LogP contribution >= 0.6 is 11.6 Å². The first-order valence-electron chi connectivity index (χ1n) is 7.27. The zero-order valence-electron chi connectivity index (χ0n) is 11.6. The van der Waals surface area contributed by atoms with Crippen molar-refractivity contribution < 1.29 is 0 Å². The highest BCUT2D eigenvalue weighted by molar-refractivity contribution is 6.31. The number of rotatable bonds is 3. The third kappa shape index (κ3) is 2.89. The molecule has 106 valence electrons. The van der Waals surface area contributed by atoms with Crippen LogP contribution in [0.5, 0.6) is 0 Å². The third-order valence-corrected chi connectivity index (χ3v) is 4.39. The Hall–Kier alpha value is -1.32. The molecule has 1 aromatic heterocycles. The summed E-state index contributed by atoms with van der Waals surface area (Å²) in [7, 11) is 0. The lowest BCUT2D eigenvalue weighted by Crippen LogP contribution is -2.34. The monoisotopic (exact) mass is 289 g/mol. The van der Waals surface area contributed by atoms with E-state index in [2.05, 4.69) is 17.0 Å². The molecule has 4 heteroatoms. The molecule has 1 saturated heterocycles. The molecule has 0 aliphatic carbocycles. The van der Waals surface area contributed by atoms with Gasteiger partial charge in [0.25, 0.3) is 0 Å². The highest BCUT2D eigenvalue weighted by Crippen LogP contribution is 2.26. The predicted molar refractivity (Wildman–Crippen MR) is 85.4 cm³/mol. The Morgan fingerprint density at radius 3 is 2.75 bits per heavy atom. The van der Waals surface area contributed by atoms with Crippen molar-refractivity contribution in [1.82, 2.24) is 4.98 Å². The number of benzene rings is 1. The fraction of sp³-hybridized carbons (Fsp3) is 0.438. The van der Waals surface area contributed by atoms with Gasteiger partial charge in [0.1, 0.15) is 5.82 Å². The van der Waals surface area contributed by atoms with Crippen LogP contribution in [0.25, 0.3) is 10.9 Å². The van der Waals surface area contributed by atoms with E-state index < -0.39 is 0 Å². The van der Waals surface area contributed by atoms with Gasteiger partial charge in [-0.3, -0.25) is 0 Å². The summed E-state index contributed by atoms with van der Waals surface area (Å²) >= 11 is 6.00. The highest BCUT2D eigenvalue weighted by Gasteiger charge is 2.19. The minimum absolute atomic E-state index is 0.759. The average Bonchev–Trinajstić information content (AvgIpc) is 2.48. The van der Waals surface area contributed by atoms with Crippen LogP contribution in [0.4, 0.5) is 5.82 Å². The van der Waals surface area contributed by atoms with Crippen molar-refractivity contribution >= 4 is 28.3 Å². The Morgan fingerprint density at radius 1 is 1.20 bits per heavy atom. The molecule has 0 unspecified atom stereocenters. The number of piperidine rings is 1. The van der Waals surface area contributed by atoms with Gasteiger partial charge >= 0.3 is 0 Å². The van der Waals surface area contributed by atoms with E-state index in [0.29, 0.717) is 0 Å². The third-order valence-electron chi connectivity index (χ3n) is 4.15. The first-order valence-corrected chi connectivity index (χ1v) is 7.65. The van der Waals surface area contributed by atoms with Crippen molar-refractivity contribution in [3.8, 4) is 0 Å². The molecule has 2 N–H and O–H groups in total. The van der Waals surface area contributed by atoms with Gasteiger partial charge in [-0.25, -0.2) is 4.98 Å². The van der Waals surface area contributed by atoms with Gasteiger partial charge in [-0.15, -0.1) is 0 Å². The average molecular weight is 290 g/mol. The molecule has 1 aromatic carbocycles. The summed E-state index contributed by atoms with van der Waals surface area (Å²) in [5, 5.41) is 1.86. The van der Waals surface area contributed by atoms with Gasteiger partial charge in [0.05, 0.1) is 5.52 Å². The molecule has 0 spiro atoms. The van der Waals surface area contributed by atoms with E-state index in [0.717, 1.165) is 53.7 Å². The van der Waals surface area contributed by atoms with Crippen LogP contribution in [0.3, 0.4) is 0 Å². The molecule has 3 nitrogen and oxygen atoms in total. The van der Waals surface area contributed by atoms with Crippen LogP contribution in [0.1, 0.15) is 19.3 Å². The summed E-state index contributed by atoms with van der Waals surface area (Å²) in [5.74, 6) is 1.86. The summed E-state index contributed by atoms with van der Waals surface area (Å²) in [5.41, 5.74) is 6.65. The largest absolute Gasteiger partial charge is 0.357 e. The molecule has 0 amide bonds. The minimum atomic E-state index is 0.759. The highest BCUT2D eigenvalue weighted by atomic mass is 35.5. The number of aromatic nitrogens is 1. The maximum atomic E-state index is 6.00. The van der Waals surface area contributed by atoms with Crippen molar-refractivity contribution in [2.24, 2.45) is 11.7 Å². The second kappa shape index (κ2) is 5.98. The summed E-state index contributed by atoms with van der Waals surface area (Å²) in [6.45, 7) is 2.97. The van der Waals surface area contributed by atoms with Crippen LogP contribution in [-0.4, -0.2) is 24.6 Å². The molecule has 0 atom stereocenters. The van der Waals surface area contributed by atoms with Crippen molar-refractivity contribution in [1.29, 1.82) is 0 Å². The second-order valence-electron chi connectivity index (χ2n) is 5.51. The molecule has 1 aliphatic rings. The van der Waals surface area contributed by atoms with Gasteiger partial charge in [-0.05, 0) is 62.1 Å². The molecule has 2 aromatic rings. The number of fused-ring (bicyclic) bond motifs is 1. The molecule has 1 aliphatic heterocycles. The zero-order chi connectivity index (χ0) is 13.9. The lowest BCUT2D eigenvalue weighted by Gasteiger charge is -2.32. The number of pyridine rings is 1.